The Morgan fingerprint density at radius 3 is 2.55 bits per heavy atom. The van der Waals surface area contributed by atoms with Gasteiger partial charge in [0, 0.05) is 23.5 Å². The normalized spacial score (nSPS) is 9.23. The lowest BCUT2D eigenvalue weighted by atomic mass is 10.2. The summed E-state index contributed by atoms with van der Waals surface area (Å²) in [5, 5.41) is 8.56. The van der Waals surface area contributed by atoms with Crippen LogP contribution in [0.25, 0.3) is 10.9 Å². The lowest BCUT2D eigenvalue weighted by molar-refractivity contribution is -0.140. The number of benzene rings is 1. The summed E-state index contributed by atoms with van der Waals surface area (Å²) in [6.45, 7) is 8.51. The van der Waals surface area contributed by atoms with Gasteiger partial charge in [0.15, 0.2) is 5.82 Å². The molecule has 0 atom stereocenters. The van der Waals surface area contributed by atoms with Crippen LogP contribution < -0.4 is 5.32 Å². The number of fused-ring (bicyclic) bond motifs is 1. The average molecular weight is 372 g/mol. The number of nitrogens with zero attached hydrogens (tertiary/aromatic N) is 2. The highest BCUT2D eigenvalue weighted by Crippen LogP contribution is 2.25. The van der Waals surface area contributed by atoms with Crippen LogP contribution in [0.1, 0.15) is 34.1 Å². The summed E-state index contributed by atoms with van der Waals surface area (Å²) in [5.74, 6) is 0.550. The van der Waals surface area contributed by atoms with Crippen molar-refractivity contribution in [3.8, 4) is 0 Å². The molecule has 0 bridgehead atoms. The number of rotatable bonds is 4. The van der Waals surface area contributed by atoms with Crippen molar-refractivity contribution < 1.29 is 9.53 Å². The summed E-state index contributed by atoms with van der Waals surface area (Å²) in [4.78, 5) is 11.0. The van der Waals surface area contributed by atoms with Crippen molar-refractivity contribution >= 4 is 38.6 Å². The lowest BCUT2D eigenvalue weighted by Gasteiger charge is -2.02. The molecular formula is C16H26BrN3O2. The number of anilines is 1. The van der Waals surface area contributed by atoms with Gasteiger partial charge in [0.1, 0.15) is 0 Å². The second-order valence-electron chi connectivity index (χ2n) is 3.89. The predicted molar refractivity (Wildman–Crippen MR) is 96.2 cm³/mol. The van der Waals surface area contributed by atoms with E-state index < -0.39 is 0 Å². The average Bonchev–Trinajstić information content (AvgIpc) is 2.87. The molecule has 0 amide bonds. The molecule has 1 aromatic carbocycles. The molecule has 2 rings (SSSR count). The molecule has 0 spiro atoms. The molecule has 1 aromatic heterocycles. The Morgan fingerprint density at radius 1 is 1.32 bits per heavy atom. The van der Waals surface area contributed by atoms with Crippen LogP contribution in [0.5, 0.6) is 0 Å². The zero-order valence-electron chi connectivity index (χ0n) is 14.2. The molecule has 0 aliphatic carbocycles. The highest BCUT2D eigenvalue weighted by Gasteiger charge is 2.09. The Kier molecular flexibility index (Phi) is 10.3. The molecule has 0 unspecified atom stereocenters. The Hall–Kier alpha value is -1.56. The van der Waals surface area contributed by atoms with Crippen LogP contribution in [0.3, 0.4) is 0 Å². The van der Waals surface area contributed by atoms with Gasteiger partial charge in [-0.05, 0) is 18.2 Å². The number of hydrogen-bond acceptors (Lipinski definition) is 4. The quantitative estimate of drug-likeness (QED) is 0.810. The molecule has 0 aliphatic rings. The molecule has 6 heteroatoms. The van der Waals surface area contributed by atoms with Gasteiger partial charge in [-0.25, -0.2) is 0 Å². The van der Waals surface area contributed by atoms with Gasteiger partial charge >= 0.3 is 5.97 Å². The van der Waals surface area contributed by atoms with E-state index in [0.29, 0.717) is 13.0 Å². The van der Waals surface area contributed by atoms with Crippen LogP contribution in [0, 0.1) is 0 Å². The van der Waals surface area contributed by atoms with Crippen LogP contribution in [-0.2, 0) is 16.6 Å². The van der Waals surface area contributed by atoms with Gasteiger partial charge in [0.25, 0.3) is 0 Å². The number of hydrogen-bond donors (Lipinski definition) is 1. The van der Waals surface area contributed by atoms with E-state index in [0.717, 1.165) is 21.2 Å². The van der Waals surface area contributed by atoms with Crippen LogP contribution in [-0.4, -0.2) is 29.4 Å². The molecule has 0 saturated carbocycles. The number of carbonyl (C=O) groups excluding carboxylic acids is 1. The Labute approximate surface area is 141 Å². The fourth-order valence-electron chi connectivity index (χ4n) is 1.75. The number of aryl methyl sites for hydroxylation is 1. The zero-order chi connectivity index (χ0) is 17.1. The van der Waals surface area contributed by atoms with Crippen LogP contribution in [0.4, 0.5) is 5.82 Å². The second-order valence-corrected chi connectivity index (χ2v) is 4.80. The first kappa shape index (κ1) is 20.4. The van der Waals surface area contributed by atoms with Crippen LogP contribution >= 0.6 is 15.9 Å². The third kappa shape index (κ3) is 5.67. The zero-order valence-corrected chi connectivity index (χ0v) is 15.8. The summed E-state index contributed by atoms with van der Waals surface area (Å²) in [7, 11) is 3.27. The number of halogens is 1. The summed E-state index contributed by atoms with van der Waals surface area (Å²) >= 11 is 3.43. The van der Waals surface area contributed by atoms with E-state index in [1.54, 1.807) is 4.68 Å². The van der Waals surface area contributed by atoms with E-state index in [-0.39, 0.29) is 5.97 Å². The second kappa shape index (κ2) is 11.1. The summed E-state index contributed by atoms with van der Waals surface area (Å²) in [6, 6.07) is 5.97. The van der Waals surface area contributed by atoms with Crippen molar-refractivity contribution in [3.63, 3.8) is 0 Å². The van der Waals surface area contributed by atoms with Gasteiger partial charge in [0.2, 0.25) is 0 Å². The van der Waals surface area contributed by atoms with Crippen molar-refractivity contribution in [2.24, 2.45) is 7.05 Å². The third-order valence-electron chi connectivity index (χ3n) is 2.66. The molecule has 2 aromatic rings. The maximum atomic E-state index is 11.0. The minimum atomic E-state index is -0.231. The van der Waals surface area contributed by atoms with E-state index in [4.69, 9.17) is 0 Å². The highest BCUT2D eigenvalue weighted by molar-refractivity contribution is 9.10. The van der Waals surface area contributed by atoms with Crippen molar-refractivity contribution in [3.05, 3.63) is 22.7 Å². The van der Waals surface area contributed by atoms with E-state index in [9.17, 15) is 4.79 Å². The van der Waals surface area contributed by atoms with Crippen molar-refractivity contribution in [1.29, 1.82) is 0 Å². The van der Waals surface area contributed by atoms with Crippen LogP contribution in [0.2, 0.25) is 0 Å². The smallest absolute Gasteiger partial charge is 0.307 e. The molecule has 22 heavy (non-hydrogen) atoms. The molecule has 5 nitrogen and oxygen atoms in total. The molecular weight excluding hydrogens is 346 g/mol. The fraction of sp³-hybridized carbons (Fsp3) is 0.500. The maximum Gasteiger partial charge on any atom is 0.307 e. The fourth-order valence-corrected chi connectivity index (χ4v) is 2.10. The molecule has 1 N–H and O–H groups in total. The Bertz CT molecular complexity index is 582. The summed E-state index contributed by atoms with van der Waals surface area (Å²) < 4.78 is 7.41. The molecule has 0 fully saturated rings. The predicted octanol–water partition coefficient (Wildman–Crippen LogP) is 4.36. The Morgan fingerprint density at radius 2 is 1.95 bits per heavy atom. The number of aromatic nitrogens is 2. The molecule has 0 aliphatic heterocycles. The summed E-state index contributed by atoms with van der Waals surface area (Å²) in [6.07, 6.45) is 0.324. The van der Waals surface area contributed by atoms with Crippen molar-refractivity contribution in [2.45, 2.75) is 34.1 Å². The van der Waals surface area contributed by atoms with Gasteiger partial charge in [-0.3, -0.25) is 9.48 Å². The Balaban J connectivity index is 0.00000102. The minimum Gasteiger partial charge on any atom is -0.469 e. The number of methoxy groups -OCH3 is 1. The number of esters is 1. The first-order valence-corrected chi connectivity index (χ1v) is 8.34. The van der Waals surface area contributed by atoms with E-state index in [1.165, 1.54) is 7.11 Å². The first-order valence-electron chi connectivity index (χ1n) is 7.55. The van der Waals surface area contributed by atoms with Crippen molar-refractivity contribution in [2.75, 3.05) is 19.0 Å². The lowest BCUT2D eigenvalue weighted by Crippen LogP contribution is -2.10. The largest absolute Gasteiger partial charge is 0.469 e. The van der Waals surface area contributed by atoms with E-state index in [2.05, 4.69) is 31.1 Å². The minimum absolute atomic E-state index is 0.231. The third-order valence-corrected chi connectivity index (χ3v) is 3.16. The topological polar surface area (TPSA) is 56.1 Å². The van der Waals surface area contributed by atoms with Gasteiger partial charge in [-0.2, -0.15) is 5.10 Å². The molecule has 0 radical (unpaired) electrons. The summed E-state index contributed by atoms with van der Waals surface area (Å²) in [5.41, 5.74) is 1.03. The highest BCUT2D eigenvalue weighted by atomic mass is 79.9. The van der Waals surface area contributed by atoms with Gasteiger partial charge in [0.05, 0.1) is 19.0 Å². The number of carbonyl (C=O) groups is 1. The van der Waals surface area contributed by atoms with Gasteiger partial charge in [-0.15, -0.1) is 0 Å². The molecule has 1 heterocycles. The number of ether oxygens (including phenoxy) is 1. The van der Waals surface area contributed by atoms with Crippen molar-refractivity contribution in [1.82, 2.24) is 9.78 Å². The number of nitrogens with one attached hydrogen (secondary N) is 1. The monoisotopic (exact) mass is 371 g/mol. The van der Waals surface area contributed by atoms with E-state index in [1.807, 2.05) is 52.9 Å². The maximum absolute atomic E-state index is 11.0. The molecule has 124 valence electrons. The SMILES string of the molecule is CC.CC.COC(=O)CCNc1nn(C)c2cc(Br)ccc12. The standard InChI is InChI=1S/C12H14BrN3O2.2C2H6/c1-16-10-7-8(13)3-4-9(10)12(15-16)14-6-5-11(17)18-2;2*1-2/h3-4,7H,5-6H2,1-2H3,(H,14,15);2*1-2H3. The van der Waals surface area contributed by atoms with Gasteiger partial charge in [-0.1, -0.05) is 43.6 Å². The van der Waals surface area contributed by atoms with Crippen LogP contribution in [0.15, 0.2) is 22.7 Å². The first-order chi connectivity index (χ1) is 10.6. The molecule has 0 saturated heterocycles. The van der Waals surface area contributed by atoms with Gasteiger partial charge < -0.3 is 10.1 Å². The van der Waals surface area contributed by atoms with E-state index >= 15 is 0 Å².